The van der Waals surface area contributed by atoms with Gasteiger partial charge in [0.1, 0.15) is 0 Å². The highest BCUT2D eigenvalue weighted by Gasteiger charge is 2.29. The second-order valence-corrected chi connectivity index (χ2v) is 19.5. The van der Waals surface area contributed by atoms with E-state index in [0.29, 0.717) is 0 Å². The Kier molecular flexibility index (Phi) is 10.7. The van der Waals surface area contributed by atoms with Crippen LogP contribution in [0.4, 0.5) is 0 Å². The van der Waals surface area contributed by atoms with E-state index in [1.165, 1.54) is 99.1 Å². The highest BCUT2D eigenvalue weighted by Crippen LogP contribution is 2.53. The van der Waals surface area contributed by atoms with Gasteiger partial charge in [0.05, 0.1) is 0 Å². The van der Waals surface area contributed by atoms with Crippen molar-refractivity contribution >= 4 is 32.3 Å². The third kappa shape index (κ3) is 7.10. The van der Waals surface area contributed by atoms with E-state index in [1.54, 1.807) is 0 Å². The molecular weight excluding hydrogens is 673 g/mol. The average Bonchev–Trinajstić information content (AvgIpc) is 3.47. The van der Waals surface area contributed by atoms with Crippen molar-refractivity contribution in [2.24, 2.45) is 0 Å². The Balaban J connectivity index is 0.00000129. The molecule has 0 saturated heterocycles. The van der Waals surface area contributed by atoms with Gasteiger partial charge in [0.15, 0.2) is 0 Å². The van der Waals surface area contributed by atoms with Gasteiger partial charge in [-0.15, -0.1) is 0 Å². The Morgan fingerprint density at radius 3 is 1.30 bits per heavy atom. The average molecular weight is 739 g/mol. The third-order valence-electron chi connectivity index (χ3n) is 11.6. The van der Waals surface area contributed by atoms with E-state index in [9.17, 15) is 0 Å². The molecule has 0 nitrogen and oxygen atoms in total. The minimum Gasteiger partial charge on any atom is -0.0683 e. The molecule has 290 valence electrons. The van der Waals surface area contributed by atoms with Gasteiger partial charge in [-0.05, 0) is 127 Å². The van der Waals surface area contributed by atoms with E-state index in [2.05, 4.69) is 192 Å². The van der Waals surface area contributed by atoms with Gasteiger partial charge in [-0.3, -0.25) is 0 Å². The minimum absolute atomic E-state index is 0.0000204. The number of rotatable bonds is 2. The van der Waals surface area contributed by atoms with Crippen LogP contribution in [-0.4, -0.2) is 0 Å². The molecule has 0 unspecified atom stereocenters. The molecular formula is C56H66. The SMILES string of the molecule is CC.CC.CC(C)(C)c1ccc2c(-c3ccc4c(c3)-c3cccc5c(-c6c(C(C)(C)C)ccc7cc(C(C)(C)C)ccc67)ccc-4c35)c(C(C)(C)C)ccc2c1. The Morgan fingerprint density at radius 1 is 0.321 bits per heavy atom. The summed E-state index contributed by atoms with van der Waals surface area (Å²) in [5.74, 6) is 0. The molecule has 0 atom stereocenters. The quantitative estimate of drug-likeness (QED) is 0.166. The lowest BCUT2D eigenvalue weighted by molar-refractivity contribution is 0.590. The van der Waals surface area contributed by atoms with Crippen LogP contribution < -0.4 is 0 Å². The Labute approximate surface area is 339 Å². The van der Waals surface area contributed by atoms with Crippen molar-refractivity contribution in [2.45, 2.75) is 132 Å². The molecule has 0 amide bonds. The van der Waals surface area contributed by atoms with E-state index < -0.39 is 0 Å². The molecule has 0 aliphatic heterocycles. The van der Waals surface area contributed by atoms with Crippen molar-refractivity contribution in [3.63, 3.8) is 0 Å². The first kappa shape index (κ1) is 41.0. The predicted molar refractivity (Wildman–Crippen MR) is 252 cm³/mol. The Bertz CT molecular complexity index is 2580. The normalized spacial score (nSPS) is 12.6. The first-order valence-electron chi connectivity index (χ1n) is 21.2. The van der Waals surface area contributed by atoms with Gasteiger partial charge < -0.3 is 0 Å². The van der Waals surface area contributed by atoms with Gasteiger partial charge >= 0.3 is 0 Å². The lowest BCUT2D eigenvalue weighted by Crippen LogP contribution is -2.14. The van der Waals surface area contributed by atoms with Gasteiger partial charge in [0, 0.05) is 0 Å². The Morgan fingerprint density at radius 2 is 0.786 bits per heavy atom. The van der Waals surface area contributed by atoms with Crippen LogP contribution in [0.15, 0.2) is 109 Å². The van der Waals surface area contributed by atoms with Gasteiger partial charge in [-0.1, -0.05) is 214 Å². The molecule has 1 aliphatic rings. The summed E-state index contributed by atoms with van der Waals surface area (Å²) in [6, 6.07) is 42.7. The second-order valence-electron chi connectivity index (χ2n) is 19.5. The van der Waals surface area contributed by atoms with E-state index in [4.69, 9.17) is 0 Å². The first-order valence-corrected chi connectivity index (χ1v) is 21.2. The number of fused-ring (bicyclic) bond motifs is 5. The summed E-state index contributed by atoms with van der Waals surface area (Å²) in [4.78, 5) is 0. The van der Waals surface area contributed by atoms with Crippen molar-refractivity contribution in [1.82, 2.24) is 0 Å². The topological polar surface area (TPSA) is 0 Å². The largest absolute Gasteiger partial charge is 0.0683 e. The molecule has 0 aromatic heterocycles. The summed E-state index contributed by atoms with van der Waals surface area (Å²) in [7, 11) is 0. The highest BCUT2D eigenvalue weighted by molar-refractivity contribution is 6.21. The van der Waals surface area contributed by atoms with Gasteiger partial charge in [0.25, 0.3) is 0 Å². The lowest BCUT2D eigenvalue weighted by atomic mass is 9.77. The molecule has 0 radical (unpaired) electrons. The molecule has 0 heteroatoms. The van der Waals surface area contributed by atoms with Crippen LogP contribution in [0, 0.1) is 0 Å². The van der Waals surface area contributed by atoms with Crippen LogP contribution in [0.3, 0.4) is 0 Å². The second kappa shape index (κ2) is 14.7. The van der Waals surface area contributed by atoms with E-state index in [-0.39, 0.29) is 21.7 Å². The van der Waals surface area contributed by atoms with E-state index >= 15 is 0 Å². The summed E-state index contributed by atoms with van der Waals surface area (Å²) in [6.07, 6.45) is 0. The van der Waals surface area contributed by atoms with Crippen molar-refractivity contribution in [3.05, 3.63) is 131 Å². The summed E-state index contributed by atoms with van der Waals surface area (Å²) < 4.78 is 0. The summed E-state index contributed by atoms with van der Waals surface area (Å²) >= 11 is 0. The zero-order valence-electron chi connectivity index (χ0n) is 37.4. The Hall–Kier alpha value is -4.68. The maximum atomic E-state index is 2.48. The molecule has 56 heavy (non-hydrogen) atoms. The van der Waals surface area contributed by atoms with Crippen molar-refractivity contribution in [3.8, 4) is 44.5 Å². The van der Waals surface area contributed by atoms with Gasteiger partial charge in [0.2, 0.25) is 0 Å². The fraction of sp³-hybridized carbons (Fsp3) is 0.357. The van der Waals surface area contributed by atoms with E-state index in [1.807, 2.05) is 27.7 Å². The zero-order valence-corrected chi connectivity index (χ0v) is 37.4. The van der Waals surface area contributed by atoms with Crippen LogP contribution in [0.25, 0.3) is 76.8 Å². The molecule has 0 heterocycles. The smallest absolute Gasteiger partial charge is 0.00201 e. The van der Waals surface area contributed by atoms with Crippen molar-refractivity contribution in [1.29, 1.82) is 0 Å². The van der Waals surface area contributed by atoms with Crippen LogP contribution in [0.5, 0.6) is 0 Å². The lowest BCUT2D eigenvalue weighted by Gasteiger charge is -2.26. The molecule has 0 spiro atoms. The first-order chi connectivity index (χ1) is 26.3. The molecule has 0 saturated carbocycles. The molecule has 8 rings (SSSR count). The maximum absolute atomic E-state index is 2.48. The summed E-state index contributed by atoms with van der Waals surface area (Å²) in [6.45, 7) is 35.9. The number of hydrogen-bond acceptors (Lipinski definition) is 0. The standard InChI is InChI=1S/C52H54.2C2H6/c1-49(2,3)34-19-22-36-31(28-34)17-26-44(51(7,8)9)46(36)33-16-21-38-41-24-25-42(39-14-13-15-40(47(39)41)43(38)30-33)48-37-23-20-35(50(4,5)6)29-32(37)18-27-45(48)52(10,11)12;2*1-2/h13-30H,1-12H3;2*1-2H3. The molecule has 0 fully saturated rings. The summed E-state index contributed by atoms with van der Waals surface area (Å²) in [5.41, 5.74) is 16.4. The molecule has 7 aromatic rings. The fourth-order valence-corrected chi connectivity index (χ4v) is 8.67. The molecule has 1 aliphatic carbocycles. The van der Waals surface area contributed by atoms with E-state index in [0.717, 1.165) is 0 Å². The fourth-order valence-electron chi connectivity index (χ4n) is 8.67. The molecule has 0 N–H and O–H groups in total. The van der Waals surface area contributed by atoms with Crippen molar-refractivity contribution in [2.75, 3.05) is 0 Å². The summed E-state index contributed by atoms with van der Waals surface area (Å²) in [5, 5.41) is 7.99. The van der Waals surface area contributed by atoms with Gasteiger partial charge in [-0.2, -0.15) is 0 Å². The monoisotopic (exact) mass is 739 g/mol. The molecule has 0 bridgehead atoms. The molecule has 7 aromatic carbocycles. The van der Waals surface area contributed by atoms with Crippen LogP contribution in [-0.2, 0) is 21.7 Å². The van der Waals surface area contributed by atoms with Crippen molar-refractivity contribution < 1.29 is 0 Å². The number of benzene rings is 7. The highest BCUT2D eigenvalue weighted by atomic mass is 14.3. The van der Waals surface area contributed by atoms with Crippen LogP contribution in [0.1, 0.15) is 133 Å². The number of hydrogen-bond donors (Lipinski definition) is 0. The maximum Gasteiger partial charge on any atom is -0.00201 e. The van der Waals surface area contributed by atoms with Gasteiger partial charge in [-0.25, -0.2) is 0 Å². The minimum atomic E-state index is -0.0102. The predicted octanol–water partition coefficient (Wildman–Crippen LogP) is 17.4. The van der Waals surface area contributed by atoms with Crippen LogP contribution in [0.2, 0.25) is 0 Å². The zero-order chi connectivity index (χ0) is 41.1. The third-order valence-corrected chi connectivity index (χ3v) is 11.6. The van der Waals surface area contributed by atoms with Crippen LogP contribution >= 0.6 is 0 Å².